The second kappa shape index (κ2) is 6.57. The fourth-order valence-electron chi connectivity index (χ4n) is 2.20. The zero-order chi connectivity index (χ0) is 16.6. The van der Waals surface area contributed by atoms with Gasteiger partial charge in [0.15, 0.2) is 9.84 Å². The number of halogens is 1. The highest BCUT2D eigenvalue weighted by atomic mass is 79.9. The van der Waals surface area contributed by atoms with Crippen molar-refractivity contribution in [3.05, 3.63) is 56.8 Å². The molecule has 0 bridgehead atoms. The molecule has 0 radical (unpaired) electrons. The van der Waals surface area contributed by atoms with Gasteiger partial charge in [-0.1, -0.05) is 79.2 Å². The van der Waals surface area contributed by atoms with E-state index in [0.717, 1.165) is 29.9 Å². The minimum atomic E-state index is -3.19. The summed E-state index contributed by atoms with van der Waals surface area (Å²) in [5, 5.41) is 0. The Bertz CT molecular complexity index is 1010. The van der Waals surface area contributed by atoms with E-state index < -0.39 is 9.84 Å². The van der Waals surface area contributed by atoms with Crippen molar-refractivity contribution in [2.45, 2.75) is 4.90 Å². The maximum atomic E-state index is 11.6. The van der Waals surface area contributed by atoms with Gasteiger partial charge in [-0.05, 0) is 29.3 Å². The summed E-state index contributed by atoms with van der Waals surface area (Å²) in [6.07, 6.45) is 1.21. The van der Waals surface area contributed by atoms with E-state index in [-0.39, 0.29) is 0 Å². The van der Waals surface area contributed by atoms with Gasteiger partial charge in [0.1, 0.15) is 3.82 Å². The number of benzene rings is 2. The van der Waals surface area contributed by atoms with E-state index in [0.29, 0.717) is 4.90 Å². The molecule has 0 atom stereocenters. The van der Waals surface area contributed by atoms with Gasteiger partial charge < -0.3 is 0 Å². The molecule has 3 rings (SSSR count). The van der Waals surface area contributed by atoms with Crippen LogP contribution in [0.4, 0.5) is 0 Å². The van der Waals surface area contributed by atoms with Crippen LogP contribution in [0.25, 0.3) is 21.6 Å². The molecule has 3 aromatic rings. The van der Waals surface area contributed by atoms with Crippen molar-refractivity contribution in [1.82, 2.24) is 0 Å². The van der Waals surface area contributed by atoms with E-state index in [1.807, 2.05) is 36.4 Å². The van der Waals surface area contributed by atoms with Crippen molar-refractivity contribution in [3.8, 4) is 21.6 Å². The predicted molar refractivity (Wildman–Crippen MR) is 105 cm³/mol. The lowest BCUT2D eigenvalue weighted by Gasteiger charge is -2.07. The lowest BCUT2D eigenvalue weighted by molar-refractivity contribution is 0.602. The zero-order valence-electron chi connectivity index (χ0n) is 11.9. The fraction of sp³-hybridized carbons (Fsp3) is 0.0625. The van der Waals surface area contributed by atoms with Crippen molar-refractivity contribution in [3.63, 3.8) is 0 Å². The van der Waals surface area contributed by atoms with Crippen molar-refractivity contribution in [1.29, 1.82) is 0 Å². The normalized spacial score (nSPS) is 11.6. The molecule has 0 aliphatic rings. The molecule has 7 heteroatoms. The Morgan fingerprint density at radius 3 is 2.26 bits per heavy atom. The summed E-state index contributed by atoms with van der Waals surface area (Å²) < 4.78 is 25.0. The smallest absolute Gasteiger partial charge is 0.175 e. The number of sulfone groups is 1. The Balaban J connectivity index is 2.16. The van der Waals surface area contributed by atoms with Crippen LogP contribution in [0.1, 0.15) is 0 Å². The van der Waals surface area contributed by atoms with Crippen molar-refractivity contribution >= 4 is 58.7 Å². The molecule has 1 heterocycles. The topological polar surface area (TPSA) is 34.1 Å². The molecule has 0 N–H and O–H groups in total. The molecule has 23 heavy (non-hydrogen) atoms. The first-order valence-corrected chi connectivity index (χ1v) is 11.8. The summed E-state index contributed by atoms with van der Waals surface area (Å²) in [5.41, 5.74) is 3.05. The third-order valence-electron chi connectivity index (χ3n) is 3.32. The van der Waals surface area contributed by atoms with Crippen LogP contribution < -0.4 is 0 Å². The number of hydrogen-bond acceptors (Lipinski definition) is 5. The van der Waals surface area contributed by atoms with Crippen LogP contribution in [0.15, 0.2) is 57.9 Å². The second-order valence-corrected chi connectivity index (χ2v) is 10.6. The molecule has 0 aliphatic heterocycles. The average molecular weight is 443 g/mol. The van der Waals surface area contributed by atoms with E-state index >= 15 is 0 Å². The molecular formula is C16H11BrO2S4. The van der Waals surface area contributed by atoms with E-state index in [4.69, 9.17) is 12.2 Å². The zero-order valence-corrected chi connectivity index (χ0v) is 16.8. The molecule has 118 valence electrons. The maximum Gasteiger partial charge on any atom is 0.175 e. The van der Waals surface area contributed by atoms with Crippen LogP contribution in [0.3, 0.4) is 0 Å². The molecular weight excluding hydrogens is 432 g/mol. The lowest BCUT2D eigenvalue weighted by Crippen LogP contribution is -1.96. The van der Waals surface area contributed by atoms with Gasteiger partial charge in [-0.25, -0.2) is 8.42 Å². The first-order chi connectivity index (χ1) is 10.9. The first-order valence-electron chi connectivity index (χ1n) is 6.56. The highest BCUT2D eigenvalue weighted by molar-refractivity contribution is 9.10. The molecule has 0 saturated heterocycles. The summed E-state index contributed by atoms with van der Waals surface area (Å²) in [4.78, 5) is 1.38. The van der Waals surface area contributed by atoms with Gasteiger partial charge in [0.2, 0.25) is 0 Å². The molecule has 0 spiro atoms. The maximum absolute atomic E-state index is 11.6. The Hall–Kier alpha value is -0.860. The molecule has 0 saturated carbocycles. The summed E-state index contributed by atoms with van der Waals surface area (Å²) in [6.45, 7) is 0. The molecule has 1 aromatic heterocycles. The highest BCUT2D eigenvalue weighted by Crippen LogP contribution is 2.43. The average Bonchev–Trinajstić information content (AvgIpc) is 2.89. The van der Waals surface area contributed by atoms with Gasteiger partial charge in [0.25, 0.3) is 0 Å². The standard InChI is InChI=1S/C16H11BrO2S4/c1-23(18,19)11-8-6-10(7-9-11)15-14(16(20)22-21-15)12-4-2-3-5-13(12)17/h2-9H,1H3. The molecule has 2 nitrogen and oxygen atoms in total. The summed E-state index contributed by atoms with van der Waals surface area (Å²) in [7, 11) is -0.0177. The van der Waals surface area contributed by atoms with Gasteiger partial charge >= 0.3 is 0 Å². The van der Waals surface area contributed by atoms with Crippen LogP contribution in [-0.4, -0.2) is 14.7 Å². The van der Waals surface area contributed by atoms with Gasteiger partial charge in [-0.3, -0.25) is 0 Å². The Kier molecular flexibility index (Phi) is 4.85. The van der Waals surface area contributed by atoms with Crippen LogP contribution >= 0.6 is 48.8 Å². The van der Waals surface area contributed by atoms with Gasteiger partial charge in [-0.2, -0.15) is 0 Å². The fourth-order valence-corrected chi connectivity index (χ4v) is 6.21. The second-order valence-electron chi connectivity index (χ2n) is 4.93. The van der Waals surface area contributed by atoms with Gasteiger partial charge in [0, 0.05) is 16.3 Å². The van der Waals surface area contributed by atoms with Crippen LogP contribution in [-0.2, 0) is 9.84 Å². The summed E-state index contributed by atoms with van der Waals surface area (Å²) in [6, 6.07) is 14.9. The van der Waals surface area contributed by atoms with Crippen molar-refractivity contribution in [2.24, 2.45) is 0 Å². The van der Waals surface area contributed by atoms with Gasteiger partial charge in [-0.15, -0.1) is 0 Å². The van der Waals surface area contributed by atoms with Crippen molar-refractivity contribution in [2.75, 3.05) is 6.26 Å². The third-order valence-corrected chi connectivity index (χ3v) is 8.21. The van der Waals surface area contributed by atoms with Gasteiger partial charge in [0.05, 0.1) is 9.77 Å². The van der Waals surface area contributed by atoms with Crippen LogP contribution in [0.2, 0.25) is 0 Å². The monoisotopic (exact) mass is 442 g/mol. The number of rotatable bonds is 3. The Morgan fingerprint density at radius 2 is 1.65 bits per heavy atom. The minimum Gasteiger partial charge on any atom is -0.224 e. The first kappa shape index (κ1) is 17.0. The lowest BCUT2D eigenvalue weighted by atomic mass is 10.0. The minimum absolute atomic E-state index is 0.322. The molecule has 0 fully saturated rings. The summed E-state index contributed by atoms with van der Waals surface area (Å²) in [5.74, 6) is 0. The number of hydrogen-bond donors (Lipinski definition) is 0. The SMILES string of the molecule is CS(=O)(=O)c1ccc(-c2ssc(=S)c2-c2ccccc2Br)cc1. The molecule has 0 unspecified atom stereocenters. The van der Waals surface area contributed by atoms with Crippen LogP contribution in [0, 0.1) is 3.82 Å². The Labute approximate surface area is 155 Å². The largest absolute Gasteiger partial charge is 0.224 e. The van der Waals surface area contributed by atoms with E-state index in [1.54, 1.807) is 32.8 Å². The Morgan fingerprint density at radius 1 is 1.00 bits per heavy atom. The molecule has 2 aromatic carbocycles. The third kappa shape index (κ3) is 3.49. The van der Waals surface area contributed by atoms with E-state index in [1.165, 1.54) is 6.26 Å². The highest BCUT2D eigenvalue weighted by Gasteiger charge is 2.15. The van der Waals surface area contributed by atoms with Crippen molar-refractivity contribution < 1.29 is 8.42 Å². The van der Waals surface area contributed by atoms with E-state index in [9.17, 15) is 8.42 Å². The predicted octanol–water partition coefficient (Wildman–Crippen LogP) is 6.04. The van der Waals surface area contributed by atoms with E-state index in [2.05, 4.69) is 15.9 Å². The van der Waals surface area contributed by atoms with Crippen LogP contribution in [0.5, 0.6) is 0 Å². The summed E-state index contributed by atoms with van der Waals surface area (Å²) >= 11 is 9.09. The molecule has 0 amide bonds. The molecule has 0 aliphatic carbocycles. The quantitative estimate of drug-likeness (QED) is 0.366.